The minimum atomic E-state index is -3.02. The molecule has 1 saturated carbocycles. The van der Waals surface area contributed by atoms with Gasteiger partial charge in [-0.2, -0.15) is 0 Å². The molecule has 0 aromatic rings. The van der Waals surface area contributed by atoms with E-state index >= 15 is 0 Å². The van der Waals surface area contributed by atoms with Gasteiger partial charge in [-0.05, 0) is 31.6 Å². The fraction of sp³-hybridized carbons (Fsp3) is 1.00. The van der Waals surface area contributed by atoms with Crippen LogP contribution in [-0.2, 0) is 9.84 Å². The minimum absolute atomic E-state index is 0.0802. The van der Waals surface area contributed by atoms with Crippen molar-refractivity contribution < 1.29 is 18.6 Å². The van der Waals surface area contributed by atoms with E-state index in [-0.39, 0.29) is 11.2 Å². The first-order valence-electron chi connectivity index (χ1n) is 5.91. The maximum Gasteiger partial charge on any atom is 0.150 e. The Morgan fingerprint density at radius 1 is 1.31 bits per heavy atom. The van der Waals surface area contributed by atoms with Gasteiger partial charge in [0.25, 0.3) is 0 Å². The second-order valence-corrected chi connectivity index (χ2v) is 7.17. The van der Waals surface area contributed by atoms with Crippen molar-refractivity contribution in [2.24, 2.45) is 5.92 Å². The van der Waals surface area contributed by atoms with Crippen LogP contribution < -0.4 is 0 Å². The van der Waals surface area contributed by atoms with Crippen molar-refractivity contribution in [2.45, 2.75) is 56.5 Å². The van der Waals surface area contributed by atoms with E-state index in [2.05, 4.69) is 0 Å². The van der Waals surface area contributed by atoms with Crippen LogP contribution in [0.3, 0.4) is 0 Å². The molecule has 0 aromatic carbocycles. The molecule has 0 bridgehead atoms. The van der Waals surface area contributed by atoms with Gasteiger partial charge >= 0.3 is 0 Å². The molecule has 5 heteroatoms. The van der Waals surface area contributed by atoms with Gasteiger partial charge in [-0.1, -0.05) is 13.3 Å². The van der Waals surface area contributed by atoms with Crippen LogP contribution in [-0.4, -0.2) is 42.3 Å². The average Bonchev–Trinajstić information content (AvgIpc) is 2.26. The Hall–Kier alpha value is -0.130. The lowest BCUT2D eigenvalue weighted by atomic mass is 9.82. The molecule has 0 heterocycles. The van der Waals surface area contributed by atoms with Crippen molar-refractivity contribution in [3.05, 3.63) is 0 Å². The predicted octanol–water partition coefficient (Wildman–Crippen LogP) is 0.722. The molecule has 96 valence electrons. The maximum absolute atomic E-state index is 11.4. The lowest BCUT2D eigenvalue weighted by Crippen LogP contribution is -2.38. The SMILES string of the molecule is CCC(O)C(O)C1CCCC(S(C)(=O)=O)C1. The molecule has 1 rings (SSSR count). The van der Waals surface area contributed by atoms with Crippen molar-refractivity contribution >= 4 is 9.84 Å². The summed E-state index contributed by atoms with van der Waals surface area (Å²) in [5.74, 6) is -0.0802. The van der Waals surface area contributed by atoms with Crippen LogP contribution in [0.4, 0.5) is 0 Å². The molecule has 2 N–H and O–H groups in total. The molecule has 0 amide bonds. The van der Waals surface area contributed by atoms with Crippen LogP contribution in [0.15, 0.2) is 0 Å². The summed E-state index contributed by atoms with van der Waals surface area (Å²) in [5.41, 5.74) is 0. The molecular weight excluding hydrogens is 228 g/mol. The zero-order valence-electron chi connectivity index (χ0n) is 9.96. The highest BCUT2D eigenvalue weighted by atomic mass is 32.2. The van der Waals surface area contributed by atoms with Gasteiger partial charge in [0.05, 0.1) is 17.5 Å². The second kappa shape index (κ2) is 5.47. The maximum atomic E-state index is 11.4. The van der Waals surface area contributed by atoms with Gasteiger partial charge < -0.3 is 10.2 Å². The monoisotopic (exact) mass is 250 g/mol. The van der Waals surface area contributed by atoms with Gasteiger partial charge in [0, 0.05) is 6.26 Å². The second-order valence-electron chi connectivity index (χ2n) is 4.84. The molecule has 4 atom stereocenters. The van der Waals surface area contributed by atoms with Crippen molar-refractivity contribution in [1.82, 2.24) is 0 Å². The Bertz CT molecular complexity index is 312. The molecule has 1 aliphatic rings. The fourth-order valence-corrected chi connectivity index (χ4v) is 3.63. The van der Waals surface area contributed by atoms with E-state index in [0.717, 1.165) is 12.8 Å². The summed E-state index contributed by atoms with van der Waals surface area (Å²) >= 11 is 0. The van der Waals surface area contributed by atoms with Crippen LogP contribution in [0.1, 0.15) is 39.0 Å². The molecule has 1 fully saturated rings. The molecule has 4 nitrogen and oxygen atoms in total. The van der Waals surface area contributed by atoms with Crippen LogP contribution in [0.2, 0.25) is 0 Å². The number of hydrogen-bond acceptors (Lipinski definition) is 4. The number of sulfone groups is 1. The Kier molecular flexibility index (Phi) is 4.76. The largest absolute Gasteiger partial charge is 0.390 e. The van der Waals surface area contributed by atoms with Gasteiger partial charge in [-0.25, -0.2) is 8.42 Å². The van der Waals surface area contributed by atoms with E-state index in [0.29, 0.717) is 19.3 Å². The third-order valence-electron chi connectivity index (χ3n) is 3.57. The average molecular weight is 250 g/mol. The van der Waals surface area contributed by atoms with E-state index in [1.54, 1.807) is 0 Å². The molecule has 16 heavy (non-hydrogen) atoms. The van der Waals surface area contributed by atoms with Crippen molar-refractivity contribution in [1.29, 1.82) is 0 Å². The highest BCUT2D eigenvalue weighted by Gasteiger charge is 2.34. The number of aliphatic hydroxyl groups excluding tert-OH is 2. The predicted molar refractivity (Wildman–Crippen MR) is 62.9 cm³/mol. The Morgan fingerprint density at radius 3 is 2.44 bits per heavy atom. The molecule has 1 aliphatic carbocycles. The highest BCUT2D eigenvalue weighted by Crippen LogP contribution is 2.31. The quantitative estimate of drug-likeness (QED) is 0.771. The topological polar surface area (TPSA) is 74.6 Å². The van der Waals surface area contributed by atoms with E-state index in [1.165, 1.54) is 6.26 Å². The Balaban J connectivity index is 2.64. The van der Waals surface area contributed by atoms with Crippen LogP contribution in [0.5, 0.6) is 0 Å². The van der Waals surface area contributed by atoms with Crippen molar-refractivity contribution in [3.63, 3.8) is 0 Å². The lowest BCUT2D eigenvalue weighted by Gasteiger charge is -2.33. The van der Waals surface area contributed by atoms with Crippen LogP contribution in [0, 0.1) is 5.92 Å². The number of aliphatic hydroxyl groups is 2. The smallest absolute Gasteiger partial charge is 0.150 e. The standard InChI is InChI=1S/C11H22O4S/c1-3-10(12)11(13)8-5-4-6-9(7-8)16(2,14)15/h8-13H,3-7H2,1-2H3. The minimum Gasteiger partial charge on any atom is -0.390 e. The number of hydrogen-bond donors (Lipinski definition) is 2. The zero-order valence-corrected chi connectivity index (χ0v) is 10.8. The van der Waals surface area contributed by atoms with Crippen molar-refractivity contribution in [2.75, 3.05) is 6.26 Å². The Labute approximate surface area is 97.6 Å². The van der Waals surface area contributed by atoms with Crippen molar-refractivity contribution in [3.8, 4) is 0 Å². The highest BCUT2D eigenvalue weighted by molar-refractivity contribution is 7.91. The summed E-state index contributed by atoms with van der Waals surface area (Å²) in [7, 11) is -3.02. The molecular formula is C11H22O4S. The zero-order chi connectivity index (χ0) is 12.3. The molecule has 0 spiro atoms. The summed E-state index contributed by atoms with van der Waals surface area (Å²) in [6.07, 6.45) is 3.03. The lowest BCUT2D eigenvalue weighted by molar-refractivity contribution is -0.0278. The van der Waals surface area contributed by atoms with E-state index in [4.69, 9.17) is 0 Å². The van der Waals surface area contributed by atoms with Gasteiger partial charge in [0.1, 0.15) is 9.84 Å². The van der Waals surface area contributed by atoms with Gasteiger partial charge in [-0.15, -0.1) is 0 Å². The third kappa shape index (κ3) is 3.43. The van der Waals surface area contributed by atoms with E-state index in [9.17, 15) is 18.6 Å². The molecule has 0 radical (unpaired) electrons. The summed E-state index contributed by atoms with van der Waals surface area (Å²) in [6.45, 7) is 1.81. The van der Waals surface area contributed by atoms with Gasteiger partial charge in [-0.3, -0.25) is 0 Å². The van der Waals surface area contributed by atoms with Gasteiger partial charge in [0.15, 0.2) is 0 Å². The summed E-state index contributed by atoms with van der Waals surface area (Å²) in [5, 5.41) is 19.1. The summed E-state index contributed by atoms with van der Waals surface area (Å²) < 4.78 is 22.9. The van der Waals surface area contributed by atoms with E-state index in [1.807, 2.05) is 6.92 Å². The van der Waals surface area contributed by atoms with Gasteiger partial charge in [0.2, 0.25) is 0 Å². The molecule has 0 aliphatic heterocycles. The van der Waals surface area contributed by atoms with Crippen LogP contribution >= 0.6 is 0 Å². The first-order valence-corrected chi connectivity index (χ1v) is 7.86. The Morgan fingerprint density at radius 2 is 1.94 bits per heavy atom. The summed E-state index contributed by atoms with van der Waals surface area (Å²) in [6, 6.07) is 0. The third-order valence-corrected chi connectivity index (χ3v) is 5.21. The van der Waals surface area contributed by atoms with Crippen LogP contribution in [0.25, 0.3) is 0 Å². The normalized spacial score (nSPS) is 31.0. The fourth-order valence-electron chi connectivity index (χ4n) is 2.44. The number of rotatable bonds is 4. The van der Waals surface area contributed by atoms with E-state index < -0.39 is 22.0 Å². The molecule has 4 unspecified atom stereocenters. The molecule has 0 aromatic heterocycles. The molecule has 0 saturated heterocycles. The first-order chi connectivity index (χ1) is 7.36. The first kappa shape index (κ1) is 13.9. The summed E-state index contributed by atoms with van der Waals surface area (Å²) in [4.78, 5) is 0.